The van der Waals surface area contributed by atoms with Crippen molar-refractivity contribution in [3.05, 3.63) is 29.8 Å². The number of hydrogen-bond acceptors (Lipinski definition) is 5. The SMILES string of the molecule is CC(Oc1ccccc1C#N)C(=O)NC1CC(N(CC(=O)O)CC2CC2)C1. The van der Waals surface area contributed by atoms with Crippen LogP contribution >= 0.6 is 0 Å². The van der Waals surface area contributed by atoms with Crippen LogP contribution in [-0.2, 0) is 9.59 Å². The van der Waals surface area contributed by atoms with Crippen LogP contribution in [0.1, 0.15) is 38.2 Å². The average molecular weight is 371 g/mol. The number of benzene rings is 1. The molecule has 1 atom stereocenters. The zero-order valence-electron chi connectivity index (χ0n) is 15.4. The van der Waals surface area contributed by atoms with E-state index in [0.29, 0.717) is 17.2 Å². The van der Waals surface area contributed by atoms with Crippen molar-refractivity contribution in [2.45, 2.75) is 50.8 Å². The molecule has 2 fully saturated rings. The van der Waals surface area contributed by atoms with E-state index < -0.39 is 12.1 Å². The van der Waals surface area contributed by atoms with Crippen LogP contribution in [0.3, 0.4) is 0 Å². The lowest BCUT2D eigenvalue weighted by atomic mass is 9.85. The Morgan fingerprint density at radius 3 is 2.70 bits per heavy atom. The second-order valence-electron chi connectivity index (χ2n) is 7.47. The van der Waals surface area contributed by atoms with E-state index in [9.17, 15) is 9.59 Å². The molecule has 0 heterocycles. The average Bonchev–Trinajstić information content (AvgIpc) is 3.41. The Balaban J connectivity index is 1.46. The van der Waals surface area contributed by atoms with Gasteiger partial charge in [-0.3, -0.25) is 14.5 Å². The van der Waals surface area contributed by atoms with Gasteiger partial charge in [0.2, 0.25) is 0 Å². The maximum absolute atomic E-state index is 12.4. The lowest BCUT2D eigenvalue weighted by molar-refractivity contribution is -0.140. The number of carbonyl (C=O) groups is 2. The van der Waals surface area contributed by atoms with Crippen molar-refractivity contribution in [1.82, 2.24) is 10.2 Å². The van der Waals surface area contributed by atoms with E-state index in [4.69, 9.17) is 15.1 Å². The third kappa shape index (κ3) is 5.20. The number of nitriles is 1. The Hall–Kier alpha value is -2.59. The van der Waals surface area contributed by atoms with E-state index in [1.54, 1.807) is 31.2 Å². The number of carbonyl (C=O) groups excluding carboxylic acids is 1. The first-order valence-electron chi connectivity index (χ1n) is 9.38. The van der Waals surface area contributed by atoms with Gasteiger partial charge in [0.15, 0.2) is 6.10 Å². The highest BCUT2D eigenvalue weighted by atomic mass is 16.5. The first-order chi connectivity index (χ1) is 13.0. The molecular weight excluding hydrogens is 346 g/mol. The van der Waals surface area contributed by atoms with E-state index in [2.05, 4.69) is 5.32 Å². The molecule has 0 spiro atoms. The number of carboxylic acid groups (broad SMARTS) is 1. The molecule has 0 aliphatic heterocycles. The van der Waals surface area contributed by atoms with Crippen LogP contribution in [0.15, 0.2) is 24.3 Å². The van der Waals surface area contributed by atoms with Gasteiger partial charge >= 0.3 is 5.97 Å². The van der Waals surface area contributed by atoms with E-state index >= 15 is 0 Å². The van der Waals surface area contributed by atoms with Crippen LogP contribution in [0, 0.1) is 17.2 Å². The number of hydrogen-bond donors (Lipinski definition) is 2. The molecule has 27 heavy (non-hydrogen) atoms. The van der Waals surface area contributed by atoms with Gasteiger partial charge in [0.25, 0.3) is 5.91 Å². The molecule has 2 saturated carbocycles. The van der Waals surface area contributed by atoms with Crippen molar-refractivity contribution >= 4 is 11.9 Å². The second kappa shape index (κ2) is 8.40. The van der Waals surface area contributed by atoms with E-state index in [1.807, 2.05) is 11.0 Å². The maximum atomic E-state index is 12.4. The highest BCUT2D eigenvalue weighted by Crippen LogP contribution is 2.33. The summed E-state index contributed by atoms with van der Waals surface area (Å²) in [4.78, 5) is 25.5. The molecule has 0 aromatic heterocycles. The number of rotatable bonds is 9. The number of ether oxygens (including phenoxy) is 1. The summed E-state index contributed by atoms with van der Waals surface area (Å²) in [5, 5.41) is 21.2. The number of carboxylic acids is 1. The lowest BCUT2D eigenvalue weighted by Gasteiger charge is -2.43. The van der Waals surface area contributed by atoms with E-state index in [-0.39, 0.29) is 24.5 Å². The molecule has 0 saturated heterocycles. The monoisotopic (exact) mass is 371 g/mol. The van der Waals surface area contributed by atoms with Gasteiger partial charge in [-0.25, -0.2) is 0 Å². The molecule has 144 valence electrons. The Kier molecular flexibility index (Phi) is 5.97. The maximum Gasteiger partial charge on any atom is 0.317 e. The lowest BCUT2D eigenvalue weighted by Crippen LogP contribution is -2.56. The smallest absolute Gasteiger partial charge is 0.317 e. The fraction of sp³-hybridized carbons (Fsp3) is 0.550. The summed E-state index contributed by atoms with van der Waals surface area (Å²) in [5.74, 6) is -0.00250. The molecular formula is C20H25N3O4. The van der Waals surface area contributed by atoms with Gasteiger partial charge < -0.3 is 15.2 Å². The largest absolute Gasteiger partial charge is 0.480 e. The Morgan fingerprint density at radius 1 is 1.37 bits per heavy atom. The minimum atomic E-state index is -0.804. The predicted molar refractivity (Wildman–Crippen MR) is 98.1 cm³/mol. The molecule has 2 aliphatic carbocycles. The quantitative estimate of drug-likeness (QED) is 0.686. The number of nitrogens with one attached hydrogen (secondary N) is 1. The molecule has 0 radical (unpaired) electrons. The molecule has 2 N–H and O–H groups in total. The van der Waals surface area contributed by atoms with Crippen molar-refractivity contribution < 1.29 is 19.4 Å². The van der Waals surface area contributed by atoms with Gasteiger partial charge in [0.1, 0.15) is 11.8 Å². The minimum Gasteiger partial charge on any atom is -0.480 e. The third-order valence-corrected chi connectivity index (χ3v) is 5.18. The van der Waals surface area contributed by atoms with Gasteiger partial charge in [-0.05, 0) is 50.7 Å². The standard InChI is InChI=1S/C20H25N3O4/c1-13(27-18-5-3-2-4-15(18)10-21)20(26)22-16-8-17(9-16)23(12-19(24)25)11-14-6-7-14/h2-5,13-14,16-17H,6-9,11-12H2,1H3,(H,22,26)(H,24,25). The molecule has 1 aromatic carbocycles. The summed E-state index contributed by atoms with van der Waals surface area (Å²) in [6.07, 6.45) is 3.17. The van der Waals surface area contributed by atoms with Crippen LogP contribution < -0.4 is 10.1 Å². The minimum absolute atomic E-state index is 0.0373. The van der Waals surface area contributed by atoms with Crippen LogP contribution in [0.4, 0.5) is 0 Å². The first-order valence-corrected chi connectivity index (χ1v) is 9.38. The number of aliphatic carboxylic acids is 1. The number of para-hydroxylation sites is 1. The highest BCUT2D eigenvalue weighted by molar-refractivity contribution is 5.81. The summed E-state index contributed by atoms with van der Waals surface area (Å²) < 4.78 is 5.63. The van der Waals surface area contributed by atoms with E-state index in [1.165, 1.54) is 12.8 Å². The zero-order valence-corrected chi connectivity index (χ0v) is 15.4. The summed E-state index contributed by atoms with van der Waals surface area (Å²) in [7, 11) is 0. The molecule has 2 aliphatic rings. The van der Waals surface area contributed by atoms with Crippen molar-refractivity contribution in [3.63, 3.8) is 0 Å². The zero-order chi connectivity index (χ0) is 19.4. The highest BCUT2D eigenvalue weighted by Gasteiger charge is 2.38. The topological polar surface area (TPSA) is 103 Å². The van der Waals surface area contributed by atoms with Crippen molar-refractivity contribution in [2.24, 2.45) is 5.92 Å². The third-order valence-electron chi connectivity index (χ3n) is 5.18. The van der Waals surface area contributed by atoms with Crippen LogP contribution in [0.5, 0.6) is 5.75 Å². The molecule has 7 heteroatoms. The molecule has 1 amide bonds. The molecule has 0 bridgehead atoms. The normalized spacial score (nSPS) is 22.4. The van der Waals surface area contributed by atoms with E-state index in [0.717, 1.165) is 19.4 Å². The van der Waals surface area contributed by atoms with Crippen molar-refractivity contribution in [2.75, 3.05) is 13.1 Å². The Labute approximate surface area is 158 Å². The summed E-state index contributed by atoms with van der Waals surface area (Å²) in [5.41, 5.74) is 0.394. The van der Waals surface area contributed by atoms with Gasteiger partial charge in [0, 0.05) is 18.6 Å². The van der Waals surface area contributed by atoms with Crippen LogP contribution in [0.2, 0.25) is 0 Å². The fourth-order valence-electron chi connectivity index (χ4n) is 3.38. The van der Waals surface area contributed by atoms with Crippen LogP contribution in [-0.4, -0.2) is 53.2 Å². The molecule has 3 rings (SSSR count). The first kappa shape index (κ1) is 19.2. The fourth-order valence-corrected chi connectivity index (χ4v) is 3.38. The molecule has 1 aromatic rings. The summed E-state index contributed by atoms with van der Waals surface area (Å²) >= 11 is 0. The number of amides is 1. The molecule has 7 nitrogen and oxygen atoms in total. The van der Waals surface area contributed by atoms with Gasteiger partial charge in [0.05, 0.1) is 12.1 Å². The van der Waals surface area contributed by atoms with Gasteiger partial charge in [-0.1, -0.05) is 12.1 Å². The Bertz CT molecular complexity index is 735. The Morgan fingerprint density at radius 2 is 2.07 bits per heavy atom. The van der Waals surface area contributed by atoms with Crippen molar-refractivity contribution in [3.8, 4) is 11.8 Å². The predicted octanol–water partition coefficient (Wildman–Crippen LogP) is 1.77. The summed E-state index contributed by atoms with van der Waals surface area (Å²) in [6.45, 7) is 2.55. The summed E-state index contributed by atoms with van der Waals surface area (Å²) in [6, 6.07) is 9.11. The van der Waals surface area contributed by atoms with Gasteiger partial charge in [-0.15, -0.1) is 0 Å². The van der Waals surface area contributed by atoms with Crippen molar-refractivity contribution in [1.29, 1.82) is 5.26 Å². The molecule has 1 unspecified atom stereocenters. The number of nitrogens with zero attached hydrogens (tertiary/aromatic N) is 2. The second-order valence-corrected chi connectivity index (χ2v) is 7.47. The van der Waals surface area contributed by atoms with Crippen LogP contribution in [0.25, 0.3) is 0 Å². The van der Waals surface area contributed by atoms with Gasteiger partial charge in [-0.2, -0.15) is 5.26 Å².